The number of amidine groups is 2. The summed E-state index contributed by atoms with van der Waals surface area (Å²) < 4.78 is 34.0. The highest BCUT2D eigenvalue weighted by Crippen LogP contribution is 2.31. The first-order valence-electron chi connectivity index (χ1n) is 7.81. The number of ketones is 1. The van der Waals surface area contributed by atoms with Crippen LogP contribution >= 0.6 is 23.5 Å². The number of benzene rings is 2. The summed E-state index contributed by atoms with van der Waals surface area (Å²) in [4.78, 5) is 16.9. The van der Waals surface area contributed by atoms with Gasteiger partial charge in [-0.25, -0.2) is 29.4 Å². The van der Waals surface area contributed by atoms with Crippen molar-refractivity contribution in [2.75, 3.05) is 0 Å². The second kappa shape index (κ2) is 10.7. The van der Waals surface area contributed by atoms with Crippen molar-refractivity contribution in [3.63, 3.8) is 0 Å². The summed E-state index contributed by atoms with van der Waals surface area (Å²) in [6.07, 6.45) is 0.392. The van der Waals surface area contributed by atoms with Gasteiger partial charge in [0.1, 0.15) is 0 Å². The van der Waals surface area contributed by atoms with Crippen LogP contribution < -0.4 is 24.0 Å². The Balaban J connectivity index is 0.000000500. The van der Waals surface area contributed by atoms with Gasteiger partial charge < -0.3 is 0 Å². The Morgan fingerprint density at radius 1 is 1.00 bits per heavy atom. The highest BCUT2D eigenvalue weighted by Gasteiger charge is 2.30. The van der Waals surface area contributed by atoms with Gasteiger partial charge in [-0.1, -0.05) is 48.5 Å². The van der Waals surface area contributed by atoms with Crippen LogP contribution in [0.3, 0.4) is 0 Å². The van der Waals surface area contributed by atoms with Crippen LogP contribution in [0.2, 0.25) is 0 Å². The number of Topliss-reactive ketones (excluding diaryl/α,β-unsaturated/α-hetero) is 1. The molecule has 1 aliphatic heterocycles. The van der Waals surface area contributed by atoms with Crippen LogP contribution in [0.4, 0.5) is 5.69 Å². The van der Waals surface area contributed by atoms with Gasteiger partial charge in [0.25, 0.3) is 10.3 Å². The molecule has 3 rings (SSSR count). The van der Waals surface area contributed by atoms with E-state index < -0.39 is 10.2 Å². The molecule has 0 amide bonds. The average molecular weight is 442 g/mol. The lowest BCUT2D eigenvalue weighted by Gasteiger charge is -2.19. The maximum absolute atomic E-state index is 12.3. The van der Waals surface area contributed by atoms with E-state index in [9.17, 15) is 4.79 Å². The van der Waals surface area contributed by atoms with Crippen LogP contribution in [0.5, 0.6) is 0 Å². The highest BCUT2D eigenvalue weighted by atomic mass is 35.7. The largest absolute Gasteiger partial charge is 0.294 e. The minimum Gasteiger partial charge on any atom is -0.294 e. The molecule has 1 aliphatic rings. The zero-order valence-corrected chi connectivity index (χ0v) is 16.7. The molecule has 3 N–H and O–H groups in total. The first-order valence-corrected chi connectivity index (χ1v) is 10.8. The Morgan fingerprint density at radius 3 is 2.11 bits per heavy atom. The number of nitrogens with one attached hydrogen (secondary N) is 1. The summed E-state index contributed by atoms with van der Waals surface area (Å²) in [6.45, 7) is 0. The van der Waals surface area contributed by atoms with Crippen molar-refractivity contribution in [2.45, 2.75) is 11.0 Å². The number of rotatable bonds is 4. The van der Waals surface area contributed by atoms with Gasteiger partial charge in [-0.2, -0.15) is 4.99 Å². The van der Waals surface area contributed by atoms with E-state index in [-0.39, 0.29) is 10.4 Å². The van der Waals surface area contributed by atoms with E-state index >= 15 is 0 Å². The van der Waals surface area contributed by atoms with E-state index in [0.29, 0.717) is 11.6 Å². The summed E-state index contributed by atoms with van der Waals surface area (Å²) in [5, 5.41) is 11.0. The third kappa shape index (κ3) is 8.95. The van der Waals surface area contributed by atoms with Gasteiger partial charge >= 0.3 is 0 Å². The molecule has 2 aromatic rings. The highest BCUT2D eigenvalue weighted by molar-refractivity contribution is 8.30. The number of nitrogens with two attached hydrogens (primary N) is 1. The van der Waals surface area contributed by atoms with E-state index in [1.54, 1.807) is 17.1 Å². The van der Waals surface area contributed by atoms with Gasteiger partial charge in [-0.05, 0) is 35.7 Å². The fraction of sp³-hybridized carbons (Fsp3) is 0.118. The van der Waals surface area contributed by atoms with Crippen molar-refractivity contribution in [3.05, 3.63) is 66.2 Å². The van der Waals surface area contributed by atoms with Gasteiger partial charge in [0, 0.05) is 12.0 Å². The minimum absolute atomic E-state index is 0.0114. The second-order valence-corrected chi connectivity index (χ2v) is 8.85. The lowest BCUT2D eigenvalue weighted by molar-refractivity contribution is -2.00. The molecule has 11 heteroatoms. The van der Waals surface area contributed by atoms with Crippen LogP contribution in [-0.2, 0) is 0 Å². The van der Waals surface area contributed by atoms with Gasteiger partial charge in [-0.15, -0.1) is 10.2 Å². The SMILES string of the molecule is N=C1[NH2+]C(=Nc2ccccc2)SC(CC(=O)c2ccccc2)S1.[O-][Cl+3]([O-])([O-])[O-]. The third-order valence-corrected chi connectivity index (χ3v) is 5.47. The van der Waals surface area contributed by atoms with Crippen LogP contribution in [0.1, 0.15) is 16.8 Å². The summed E-state index contributed by atoms with van der Waals surface area (Å²) >= 11 is 2.96. The predicted molar refractivity (Wildman–Crippen MR) is 97.5 cm³/mol. The van der Waals surface area contributed by atoms with Crippen molar-refractivity contribution in [3.8, 4) is 0 Å². The molecule has 2 aromatic carbocycles. The van der Waals surface area contributed by atoms with Crippen molar-refractivity contribution < 1.29 is 39.0 Å². The van der Waals surface area contributed by atoms with Gasteiger partial charge in [-0.3, -0.25) is 4.79 Å². The molecule has 0 spiro atoms. The van der Waals surface area contributed by atoms with Crippen molar-refractivity contribution in [2.24, 2.45) is 4.99 Å². The zero-order valence-electron chi connectivity index (χ0n) is 14.3. The number of para-hydroxylation sites is 1. The van der Waals surface area contributed by atoms with E-state index in [1.165, 1.54) is 11.8 Å². The lowest BCUT2D eigenvalue weighted by Crippen LogP contribution is -2.91. The molecule has 0 radical (unpaired) electrons. The Kier molecular flexibility index (Phi) is 8.60. The van der Waals surface area contributed by atoms with E-state index in [2.05, 4.69) is 4.99 Å². The minimum atomic E-state index is -4.94. The molecule has 0 aromatic heterocycles. The number of carbonyl (C=O) groups excluding carboxylic acids is 1. The maximum atomic E-state index is 12.3. The molecule has 1 unspecified atom stereocenters. The Hall–Kier alpha value is -1.76. The number of halogens is 1. The molecule has 148 valence electrons. The molecule has 1 fully saturated rings. The fourth-order valence-corrected chi connectivity index (χ4v) is 4.57. The second-order valence-electron chi connectivity index (χ2n) is 5.33. The molecule has 28 heavy (non-hydrogen) atoms. The molecule has 8 nitrogen and oxygen atoms in total. The molecular weight excluding hydrogens is 426 g/mol. The molecular formula is C17H16ClN3O5S2. The Bertz CT molecular complexity index is 826. The third-order valence-electron chi connectivity index (χ3n) is 3.21. The number of carbonyl (C=O) groups is 1. The van der Waals surface area contributed by atoms with Crippen LogP contribution in [0.25, 0.3) is 0 Å². The van der Waals surface area contributed by atoms with Crippen molar-refractivity contribution in [1.82, 2.24) is 0 Å². The van der Waals surface area contributed by atoms with Gasteiger partial charge in [0.2, 0.25) is 0 Å². The topological polar surface area (TPSA) is 162 Å². The van der Waals surface area contributed by atoms with Crippen LogP contribution in [-0.4, -0.2) is 20.7 Å². The summed E-state index contributed by atoms with van der Waals surface area (Å²) in [5.74, 6) is 0.101. The monoisotopic (exact) mass is 441 g/mol. The Labute approximate surface area is 171 Å². The zero-order chi connectivity index (χ0) is 20.6. The number of hydrogen-bond acceptors (Lipinski definition) is 9. The number of thioether (sulfide) groups is 2. The normalized spacial score (nSPS) is 18.4. The Morgan fingerprint density at radius 2 is 1.54 bits per heavy atom. The van der Waals surface area contributed by atoms with Crippen molar-refractivity contribution in [1.29, 1.82) is 5.41 Å². The maximum Gasteiger partial charge on any atom is 0.268 e. The fourth-order valence-electron chi connectivity index (χ4n) is 2.15. The molecule has 0 bridgehead atoms. The number of nitrogens with zero attached hydrogens (tertiary/aromatic N) is 1. The smallest absolute Gasteiger partial charge is 0.268 e. The van der Waals surface area contributed by atoms with Gasteiger partial charge in [0.15, 0.2) is 5.78 Å². The van der Waals surface area contributed by atoms with E-state index in [1.807, 2.05) is 60.7 Å². The average Bonchev–Trinajstić information content (AvgIpc) is 2.61. The number of hydrogen-bond donors (Lipinski definition) is 2. The molecule has 1 saturated heterocycles. The van der Waals surface area contributed by atoms with Gasteiger partial charge in [0.05, 0.1) is 10.3 Å². The summed E-state index contributed by atoms with van der Waals surface area (Å²) in [5.41, 5.74) is 1.58. The predicted octanol–water partition coefficient (Wildman–Crippen LogP) is -1.50. The first-order chi connectivity index (χ1) is 13.2. The van der Waals surface area contributed by atoms with Crippen molar-refractivity contribution >= 4 is 45.3 Å². The standard InChI is InChI=1S/C17H15N3OS2.ClHO4/c18-16-20-17(19-13-9-5-2-6-10-13)23-15(22-16)11-14(21)12-7-3-1-4-8-12;2-1(3,4)5/h1-10,15H,11H2,(H2,18,19,20);(H,2,3,4,5). The van der Waals surface area contributed by atoms with Crippen LogP contribution in [0, 0.1) is 15.7 Å². The molecule has 1 atom stereocenters. The first kappa shape index (κ1) is 22.5. The number of quaternary nitrogens is 1. The van der Waals surface area contributed by atoms with Crippen LogP contribution in [0.15, 0.2) is 65.7 Å². The molecule has 1 heterocycles. The summed E-state index contributed by atoms with van der Waals surface area (Å²) in [6, 6.07) is 19.0. The molecule has 0 aliphatic carbocycles. The van der Waals surface area contributed by atoms with E-state index in [0.717, 1.165) is 16.4 Å². The summed E-state index contributed by atoms with van der Waals surface area (Å²) in [7, 11) is -4.94. The quantitative estimate of drug-likeness (QED) is 0.545. The lowest BCUT2D eigenvalue weighted by atomic mass is 10.1. The molecule has 0 saturated carbocycles. The van der Waals surface area contributed by atoms with E-state index in [4.69, 9.17) is 24.0 Å². The number of aliphatic imine (C=N–C) groups is 1.